The summed E-state index contributed by atoms with van der Waals surface area (Å²) < 4.78 is 38.3. The summed E-state index contributed by atoms with van der Waals surface area (Å²) in [5, 5.41) is 8.76. The third kappa shape index (κ3) is 2.74. The number of nitrogens with zero attached hydrogens (tertiary/aromatic N) is 1. The summed E-state index contributed by atoms with van der Waals surface area (Å²) in [7, 11) is -2.81. The molecule has 0 amide bonds. The van der Waals surface area contributed by atoms with Gasteiger partial charge in [0.1, 0.15) is 10.7 Å². The number of carbonyl (C=O) groups is 1. The highest BCUT2D eigenvalue weighted by molar-refractivity contribution is 7.89. The van der Waals surface area contributed by atoms with Crippen molar-refractivity contribution in [3.05, 3.63) is 42.2 Å². The van der Waals surface area contributed by atoms with Gasteiger partial charge in [-0.2, -0.15) is 4.31 Å². The van der Waals surface area contributed by atoms with E-state index < -0.39 is 26.7 Å². The molecular formula is C11H12FNO4S. The molecule has 0 saturated carbocycles. The lowest BCUT2D eigenvalue weighted by Gasteiger charge is -2.15. The molecule has 1 aromatic rings. The van der Waals surface area contributed by atoms with Crippen molar-refractivity contribution in [2.45, 2.75) is 4.90 Å². The van der Waals surface area contributed by atoms with Crippen LogP contribution in [-0.2, 0) is 10.0 Å². The second kappa shape index (κ2) is 5.28. The molecule has 0 aliphatic carbocycles. The Kier molecular flexibility index (Phi) is 4.20. The molecule has 1 aromatic carbocycles. The lowest BCUT2D eigenvalue weighted by atomic mass is 10.2. The first-order valence-corrected chi connectivity index (χ1v) is 6.34. The van der Waals surface area contributed by atoms with Crippen LogP contribution in [-0.4, -0.2) is 37.4 Å². The van der Waals surface area contributed by atoms with Crippen molar-refractivity contribution in [1.82, 2.24) is 4.31 Å². The first-order chi connectivity index (χ1) is 8.30. The largest absolute Gasteiger partial charge is 0.478 e. The van der Waals surface area contributed by atoms with Gasteiger partial charge in [0.25, 0.3) is 0 Å². The summed E-state index contributed by atoms with van der Waals surface area (Å²) in [5.74, 6) is -2.31. The minimum absolute atomic E-state index is 0.000920. The van der Waals surface area contributed by atoms with Crippen molar-refractivity contribution in [1.29, 1.82) is 0 Å². The second-order valence-electron chi connectivity index (χ2n) is 3.52. The number of halogens is 1. The molecule has 18 heavy (non-hydrogen) atoms. The maximum atomic E-state index is 13.5. The van der Waals surface area contributed by atoms with E-state index in [2.05, 4.69) is 6.58 Å². The number of carboxylic acids is 1. The number of carboxylic acid groups (broad SMARTS) is 1. The molecule has 0 unspecified atom stereocenters. The van der Waals surface area contributed by atoms with E-state index in [4.69, 9.17) is 5.11 Å². The van der Waals surface area contributed by atoms with Gasteiger partial charge in [-0.05, 0) is 18.2 Å². The fourth-order valence-corrected chi connectivity index (χ4v) is 2.51. The highest BCUT2D eigenvalue weighted by Crippen LogP contribution is 2.20. The Hall–Kier alpha value is -1.73. The average Bonchev–Trinajstić information content (AvgIpc) is 2.29. The third-order valence-corrected chi connectivity index (χ3v) is 4.09. The van der Waals surface area contributed by atoms with Crippen LogP contribution in [0.2, 0.25) is 0 Å². The summed E-state index contributed by atoms with van der Waals surface area (Å²) in [4.78, 5) is 10.1. The SMILES string of the molecule is C=CCN(C)S(=O)(=O)c1cc(C(=O)O)ccc1F. The smallest absolute Gasteiger partial charge is 0.335 e. The Morgan fingerprint density at radius 1 is 1.56 bits per heavy atom. The van der Waals surface area contributed by atoms with Crippen LogP contribution in [0, 0.1) is 5.82 Å². The lowest BCUT2D eigenvalue weighted by molar-refractivity contribution is 0.0696. The Morgan fingerprint density at radius 2 is 2.17 bits per heavy atom. The van der Waals surface area contributed by atoms with Crippen LogP contribution in [0.3, 0.4) is 0 Å². The molecule has 98 valence electrons. The molecule has 0 radical (unpaired) electrons. The van der Waals surface area contributed by atoms with Gasteiger partial charge >= 0.3 is 5.97 Å². The highest BCUT2D eigenvalue weighted by atomic mass is 32.2. The van der Waals surface area contributed by atoms with Crippen LogP contribution in [0.5, 0.6) is 0 Å². The minimum Gasteiger partial charge on any atom is -0.478 e. The van der Waals surface area contributed by atoms with Crippen molar-refractivity contribution < 1.29 is 22.7 Å². The predicted molar refractivity (Wildman–Crippen MR) is 63.4 cm³/mol. The lowest BCUT2D eigenvalue weighted by Crippen LogP contribution is -2.28. The van der Waals surface area contributed by atoms with Gasteiger partial charge in [-0.25, -0.2) is 17.6 Å². The zero-order chi connectivity index (χ0) is 13.9. The van der Waals surface area contributed by atoms with Crippen LogP contribution in [0.25, 0.3) is 0 Å². The van der Waals surface area contributed by atoms with Crippen molar-refractivity contribution in [2.75, 3.05) is 13.6 Å². The van der Waals surface area contributed by atoms with Gasteiger partial charge < -0.3 is 5.11 Å². The van der Waals surface area contributed by atoms with E-state index >= 15 is 0 Å². The van der Waals surface area contributed by atoms with Gasteiger partial charge in [-0.15, -0.1) is 6.58 Å². The fourth-order valence-electron chi connectivity index (χ4n) is 1.28. The molecule has 0 atom stereocenters. The molecule has 7 heteroatoms. The summed E-state index contributed by atoms with van der Waals surface area (Å²) in [6.07, 6.45) is 1.34. The second-order valence-corrected chi connectivity index (χ2v) is 5.54. The fraction of sp³-hybridized carbons (Fsp3) is 0.182. The topological polar surface area (TPSA) is 74.7 Å². The summed E-state index contributed by atoms with van der Waals surface area (Å²) in [5.41, 5.74) is -0.290. The molecular weight excluding hydrogens is 261 g/mol. The Morgan fingerprint density at radius 3 is 2.67 bits per heavy atom. The standard InChI is InChI=1S/C11H12FNO4S/c1-3-6-13(2)18(16,17)10-7-8(11(14)15)4-5-9(10)12/h3-5,7H,1,6H2,2H3,(H,14,15). The number of sulfonamides is 1. The van der Waals surface area contributed by atoms with E-state index in [1.165, 1.54) is 13.1 Å². The van der Waals surface area contributed by atoms with Crippen molar-refractivity contribution >= 4 is 16.0 Å². The van der Waals surface area contributed by atoms with E-state index in [0.29, 0.717) is 0 Å². The van der Waals surface area contributed by atoms with Gasteiger partial charge in [0.2, 0.25) is 10.0 Å². The van der Waals surface area contributed by atoms with Crippen LogP contribution in [0.1, 0.15) is 10.4 Å². The predicted octanol–water partition coefficient (Wildman–Crippen LogP) is 1.33. The molecule has 0 fully saturated rings. The summed E-state index contributed by atoms with van der Waals surface area (Å²) in [6.45, 7) is 3.38. The normalized spacial score (nSPS) is 11.5. The van der Waals surface area contributed by atoms with E-state index in [9.17, 15) is 17.6 Å². The van der Waals surface area contributed by atoms with Gasteiger partial charge in [-0.1, -0.05) is 6.08 Å². The van der Waals surface area contributed by atoms with E-state index in [0.717, 1.165) is 22.5 Å². The molecule has 0 aliphatic rings. The van der Waals surface area contributed by atoms with Crippen molar-refractivity contribution in [3.63, 3.8) is 0 Å². The van der Waals surface area contributed by atoms with Crippen molar-refractivity contribution in [2.24, 2.45) is 0 Å². The zero-order valence-corrected chi connectivity index (χ0v) is 10.4. The summed E-state index contributed by atoms with van der Waals surface area (Å²) in [6, 6.07) is 2.62. The number of benzene rings is 1. The van der Waals surface area contributed by atoms with Crippen LogP contribution in [0.15, 0.2) is 35.7 Å². The molecule has 0 aromatic heterocycles. The quantitative estimate of drug-likeness (QED) is 0.821. The van der Waals surface area contributed by atoms with Gasteiger partial charge in [0.15, 0.2) is 0 Å². The average molecular weight is 273 g/mol. The molecule has 0 saturated heterocycles. The van der Waals surface area contributed by atoms with Crippen LogP contribution >= 0.6 is 0 Å². The number of hydrogen-bond donors (Lipinski definition) is 1. The van der Waals surface area contributed by atoms with Crippen LogP contribution < -0.4 is 0 Å². The molecule has 5 nitrogen and oxygen atoms in total. The Balaban J connectivity index is 3.35. The van der Waals surface area contributed by atoms with Gasteiger partial charge in [-0.3, -0.25) is 0 Å². The molecule has 0 spiro atoms. The summed E-state index contributed by atoms with van der Waals surface area (Å²) >= 11 is 0. The van der Waals surface area contributed by atoms with E-state index in [1.807, 2.05) is 0 Å². The highest BCUT2D eigenvalue weighted by Gasteiger charge is 2.24. The number of aromatic carboxylic acids is 1. The molecule has 0 bridgehead atoms. The third-order valence-electron chi connectivity index (χ3n) is 2.25. The molecule has 0 heterocycles. The Bertz CT molecular complexity index is 583. The molecule has 0 aliphatic heterocycles. The van der Waals surface area contributed by atoms with E-state index in [1.54, 1.807) is 0 Å². The number of hydrogen-bond acceptors (Lipinski definition) is 3. The van der Waals surface area contributed by atoms with Crippen LogP contribution in [0.4, 0.5) is 4.39 Å². The zero-order valence-electron chi connectivity index (χ0n) is 9.63. The Labute approximate surface area is 104 Å². The van der Waals surface area contributed by atoms with Gasteiger partial charge in [0, 0.05) is 13.6 Å². The maximum Gasteiger partial charge on any atom is 0.335 e. The first-order valence-electron chi connectivity index (χ1n) is 4.90. The minimum atomic E-state index is -4.06. The monoisotopic (exact) mass is 273 g/mol. The van der Waals surface area contributed by atoms with Crippen molar-refractivity contribution in [3.8, 4) is 0 Å². The molecule has 1 N–H and O–H groups in total. The number of likely N-dealkylation sites (N-methyl/N-ethyl adjacent to an activating group) is 1. The maximum absolute atomic E-state index is 13.5. The molecule has 1 rings (SSSR count). The number of rotatable bonds is 5. The first kappa shape index (κ1) is 14.3. The van der Waals surface area contributed by atoms with Gasteiger partial charge in [0.05, 0.1) is 5.56 Å². The van der Waals surface area contributed by atoms with E-state index in [-0.39, 0.29) is 12.1 Å².